The number of nitrogens with one attached hydrogen (secondary N) is 1. The SMILES string of the molecule is COc1ccc(S(=O)(=O)Nc2ccc(-c3ccc(Cl)cc3Cl)cn2)cc1Cl. The molecule has 0 aliphatic heterocycles. The molecule has 3 rings (SSSR count). The van der Waals surface area contributed by atoms with Gasteiger partial charge >= 0.3 is 0 Å². The number of hydrogen-bond donors (Lipinski definition) is 1. The minimum atomic E-state index is -3.85. The van der Waals surface area contributed by atoms with Gasteiger partial charge < -0.3 is 4.74 Å². The molecule has 140 valence electrons. The Balaban J connectivity index is 1.84. The molecule has 0 atom stereocenters. The van der Waals surface area contributed by atoms with E-state index in [1.165, 1.54) is 31.5 Å². The number of methoxy groups -OCH3 is 1. The fraction of sp³-hybridized carbons (Fsp3) is 0.0556. The first-order valence-electron chi connectivity index (χ1n) is 7.58. The van der Waals surface area contributed by atoms with Crippen molar-refractivity contribution >= 4 is 50.6 Å². The predicted octanol–water partition coefficient (Wildman–Crippen LogP) is 5.52. The maximum Gasteiger partial charge on any atom is 0.263 e. The van der Waals surface area contributed by atoms with Crippen LogP contribution in [-0.4, -0.2) is 20.5 Å². The maximum atomic E-state index is 12.5. The summed E-state index contributed by atoms with van der Waals surface area (Å²) in [5.74, 6) is 0.550. The second-order valence-corrected chi connectivity index (χ2v) is 8.39. The second kappa shape index (κ2) is 7.94. The Hall–Kier alpha value is -1.99. The van der Waals surface area contributed by atoms with E-state index in [2.05, 4.69) is 9.71 Å². The lowest BCUT2D eigenvalue weighted by Crippen LogP contribution is -2.13. The summed E-state index contributed by atoms with van der Waals surface area (Å²) in [7, 11) is -2.40. The summed E-state index contributed by atoms with van der Waals surface area (Å²) in [4.78, 5) is 4.15. The Bertz CT molecular complexity index is 1090. The van der Waals surface area contributed by atoms with Gasteiger partial charge in [-0.25, -0.2) is 13.4 Å². The van der Waals surface area contributed by atoms with E-state index in [1.807, 2.05) is 0 Å². The van der Waals surface area contributed by atoms with Crippen LogP contribution in [0.5, 0.6) is 5.75 Å². The molecule has 1 heterocycles. The van der Waals surface area contributed by atoms with Crippen LogP contribution in [0.2, 0.25) is 15.1 Å². The highest BCUT2D eigenvalue weighted by Crippen LogP contribution is 2.31. The van der Waals surface area contributed by atoms with Crippen LogP contribution in [-0.2, 0) is 10.0 Å². The van der Waals surface area contributed by atoms with E-state index in [9.17, 15) is 8.42 Å². The highest BCUT2D eigenvalue weighted by atomic mass is 35.5. The standard InChI is InChI=1S/C18H13Cl3N2O3S/c1-26-17-6-4-13(9-16(17)21)27(24,25)23-18-7-2-11(10-22-18)14-5-3-12(19)8-15(14)20/h2-10H,1H3,(H,22,23). The average Bonchev–Trinajstić information content (AvgIpc) is 2.62. The molecule has 1 N–H and O–H groups in total. The third-order valence-corrected chi connectivity index (χ3v) is 5.87. The van der Waals surface area contributed by atoms with Crippen LogP contribution < -0.4 is 9.46 Å². The zero-order valence-corrected chi connectivity index (χ0v) is 17.0. The minimum absolute atomic E-state index is 0.0000720. The molecule has 3 aromatic rings. The molecule has 0 aliphatic rings. The van der Waals surface area contributed by atoms with Crippen LogP contribution in [0.1, 0.15) is 0 Å². The normalized spacial score (nSPS) is 11.3. The molecule has 0 fully saturated rings. The number of aromatic nitrogens is 1. The molecule has 1 aromatic heterocycles. The predicted molar refractivity (Wildman–Crippen MR) is 109 cm³/mol. The number of anilines is 1. The van der Waals surface area contributed by atoms with Crippen molar-refractivity contribution in [2.75, 3.05) is 11.8 Å². The molecule has 9 heteroatoms. The number of sulfonamides is 1. The van der Waals surface area contributed by atoms with Gasteiger partial charge in [-0.3, -0.25) is 4.72 Å². The van der Waals surface area contributed by atoms with Crippen LogP contribution in [0.4, 0.5) is 5.82 Å². The second-order valence-electron chi connectivity index (χ2n) is 5.46. The van der Waals surface area contributed by atoms with Gasteiger partial charge in [0, 0.05) is 27.4 Å². The zero-order valence-electron chi connectivity index (χ0n) is 13.9. The average molecular weight is 444 g/mol. The summed E-state index contributed by atoms with van der Waals surface area (Å²) in [6.45, 7) is 0. The fourth-order valence-corrected chi connectivity index (χ4v) is 4.22. The third kappa shape index (κ3) is 4.47. The zero-order chi connectivity index (χ0) is 19.6. The van der Waals surface area contributed by atoms with E-state index in [4.69, 9.17) is 39.5 Å². The van der Waals surface area contributed by atoms with Crippen LogP contribution in [0.25, 0.3) is 11.1 Å². The largest absolute Gasteiger partial charge is 0.495 e. The summed E-state index contributed by atoms with van der Waals surface area (Å²) in [6, 6.07) is 12.6. The number of nitrogens with zero attached hydrogens (tertiary/aromatic N) is 1. The number of halogens is 3. The Morgan fingerprint density at radius 3 is 2.33 bits per heavy atom. The molecule has 0 bridgehead atoms. The first kappa shape index (κ1) is 19.8. The van der Waals surface area contributed by atoms with Gasteiger partial charge in [0.05, 0.1) is 17.0 Å². The lowest BCUT2D eigenvalue weighted by atomic mass is 10.1. The number of benzene rings is 2. The van der Waals surface area contributed by atoms with Crippen molar-refractivity contribution in [2.45, 2.75) is 4.90 Å². The number of pyridine rings is 1. The quantitative estimate of drug-likeness (QED) is 0.564. The van der Waals surface area contributed by atoms with E-state index < -0.39 is 10.0 Å². The summed E-state index contributed by atoms with van der Waals surface area (Å²) >= 11 is 18.1. The lowest BCUT2D eigenvalue weighted by Gasteiger charge is -2.10. The Morgan fingerprint density at radius 1 is 0.963 bits per heavy atom. The fourth-order valence-electron chi connectivity index (χ4n) is 2.35. The topological polar surface area (TPSA) is 68.3 Å². The number of ether oxygens (including phenoxy) is 1. The molecule has 5 nitrogen and oxygen atoms in total. The van der Waals surface area contributed by atoms with Gasteiger partial charge in [-0.2, -0.15) is 0 Å². The van der Waals surface area contributed by atoms with Gasteiger partial charge in [0.25, 0.3) is 10.0 Å². The molecule has 0 aliphatic carbocycles. The highest BCUT2D eigenvalue weighted by Gasteiger charge is 2.17. The molecule has 2 aromatic carbocycles. The Labute approximate surface area is 171 Å². The van der Waals surface area contributed by atoms with Gasteiger partial charge in [-0.15, -0.1) is 0 Å². The number of rotatable bonds is 5. The monoisotopic (exact) mass is 442 g/mol. The van der Waals surface area contributed by atoms with Gasteiger partial charge in [0.1, 0.15) is 11.6 Å². The first-order chi connectivity index (χ1) is 12.8. The lowest BCUT2D eigenvalue weighted by molar-refractivity contribution is 0.414. The molecule has 0 amide bonds. The Kier molecular flexibility index (Phi) is 5.81. The van der Waals surface area contributed by atoms with Crippen molar-refractivity contribution in [1.82, 2.24) is 4.98 Å². The molecule has 0 spiro atoms. The van der Waals surface area contributed by atoms with Crippen LogP contribution in [0, 0.1) is 0 Å². The van der Waals surface area contributed by atoms with Crippen molar-refractivity contribution in [3.05, 3.63) is 69.8 Å². The minimum Gasteiger partial charge on any atom is -0.495 e. The molecular formula is C18H13Cl3N2O3S. The molecule has 0 saturated heterocycles. The molecule has 0 radical (unpaired) electrons. The first-order valence-corrected chi connectivity index (χ1v) is 10.2. The molecule has 0 unspecified atom stereocenters. The van der Waals surface area contributed by atoms with Crippen molar-refractivity contribution < 1.29 is 13.2 Å². The third-order valence-electron chi connectivity index (χ3n) is 3.68. The summed E-state index contributed by atoms with van der Waals surface area (Å²) in [5, 5.41) is 1.20. The molecule has 27 heavy (non-hydrogen) atoms. The van der Waals surface area contributed by atoms with Gasteiger partial charge in [-0.1, -0.05) is 40.9 Å². The smallest absolute Gasteiger partial charge is 0.263 e. The molecular weight excluding hydrogens is 431 g/mol. The maximum absolute atomic E-state index is 12.5. The van der Waals surface area contributed by atoms with Crippen LogP contribution in [0.3, 0.4) is 0 Å². The van der Waals surface area contributed by atoms with E-state index in [0.29, 0.717) is 15.8 Å². The van der Waals surface area contributed by atoms with Crippen LogP contribution >= 0.6 is 34.8 Å². The summed E-state index contributed by atoms with van der Waals surface area (Å²) < 4.78 is 32.5. The van der Waals surface area contributed by atoms with Gasteiger partial charge in [-0.05, 0) is 42.5 Å². The van der Waals surface area contributed by atoms with E-state index in [-0.39, 0.29) is 15.7 Å². The summed E-state index contributed by atoms with van der Waals surface area (Å²) in [5.41, 5.74) is 1.47. The Morgan fingerprint density at radius 2 is 1.74 bits per heavy atom. The van der Waals surface area contributed by atoms with Gasteiger partial charge in [0.15, 0.2) is 0 Å². The van der Waals surface area contributed by atoms with Crippen molar-refractivity contribution in [2.24, 2.45) is 0 Å². The summed E-state index contributed by atoms with van der Waals surface area (Å²) in [6.07, 6.45) is 1.52. The van der Waals surface area contributed by atoms with Crippen LogP contribution in [0.15, 0.2) is 59.6 Å². The highest BCUT2D eigenvalue weighted by molar-refractivity contribution is 7.92. The van der Waals surface area contributed by atoms with E-state index >= 15 is 0 Å². The molecule has 0 saturated carbocycles. The number of hydrogen-bond acceptors (Lipinski definition) is 4. The van der Waals surface area contributed by atoms with Crippen molar-refractivity contribution in [1.29, 1.82) is 0 Å². The van der Waals surface area contributed by atoms with Gasteiger partial charge in [0.2, 0.25) is 0 Å². The van der Waals surface area contributed by atoms with E-state index in [1.54, 1.807) is 30.3 Å². The van der Waals surface area contributed by atoms with Crippen molar-refractivity contribution in [3.63, 3.8) is 0 Å². The van der Waals surface area contributed by atoms with Crippen molar-refractivity contribution in [3.8, 4) is 16.9 Å². The van der Waals surface area contributed by atoms with E-state index in [0.717, 1.165) is 11.1 Å².